The Labute approximate surface area is 102 Å². The number of rotatable bonds is 4. The first-order chi connectivity index (χ1) is 7.97. The molecule has 0 bridgehead atoms. The van der Waals surface area contributed by atoms with E-state index in [2.05, 4.69) is 15.4 Å². The summed E-state index contributed by atoms with van der Waals surface area (Å²) in [5.41, 5.74) is 8.51. The van der Waals surface area contributed by atoms with E-state index in [4.69, 9.17) is 5.73 Å². The van der Waals surface area contributed by atoms with Gasteiger partial charge in [-0.05, 0) is 30.9 Å². The summed E-state index contributed by atoms with van der Waals surface area (Å²) in [6.07, 6.45) is 6.36. The summed E-state index contributed by atoms with van der Waals surface area (Å²) in [6, 6.07) is 2.20. The lowest BCUT2D eigenvalue weighted by Gasteiger charge is -2.21. The minimum absolute atomic E-state index is 0.142. The average molecular weight is 257 g/mol. The highest BCUT2D eigenvalue weighted by Crippen LogP contribution is 2.28. The number of hydrogen-bond donors (Lipinski definition) is 2. The Morgan fingerprint density at radius 3 is 3.06 bits per heavy atom. The molecular formula is C11H19N3O2S. The van der Waals surface area contributed by atoms with Gasteiger partial charge in [0.05, 0.1) is 6.26 Å². The Bertz CT molecular complexity index is 493. The second-order valence-electron chi connectivity index (χ2n) is 4.58. The quantitative estimate of drug-likeness (QED) is 0.818. The fraction of sp³-hybridized carbons (Fsp3) is 0.636. The normalized spacial score (nSPS) is 20.2. The fourth-order valence-electron chi connectivity index (χ4n) is 2.35. The van der Waals surface area contributed by atoms with Crippen LogP contribution in [0.3, 0.4) is 0 Å². The second kappa shape index (κ2) is 4.80. The molecule has 1 heterocycles. The van der Waals surface area contributed by atoms with Crippen LogP contribution < -0.4 is 10.5 Å². The molecule has 5 nitrogen and oxygen atoms in total. The van der Waals surface area contributed by atoms with Crippen LogP contribution in [0.1, 0.15) is 30.1 Å². The maximum Gasteiger partial charge on any atom is 0.208 e. The molecular weight excluding hydrogens is 238 g/mol. The third kappa shape index (κ3) is 3.08. The van der Waals surface area contributed by atoms with Crippen LogP contribution in [0.2, 0.25) is 0 Å². The van der Waals surface area contributed by atoms with Gasteiger partial charge in [0.1, 0.15) is 0 Å². The van der Waals surface area contributed by atoms with Crippen molar-refractivity contribution in [3.63, 3.8) is 0 Å². The third-order valence-corrected chi connectivity index (χ3v) is 3.89. The van der Waals surface area contributed by atoms with E-state index in [0.29, 0.717) is 13.1 Å². The van der Waals surface area contributed by atoms with Crippen molar-refractivity contribution in [3.8, 4) is 0 Å². The molecule has 0 saturated carbocycles. The van der Waals surface area contributed by atoms with E-state index in [-0.39, 0.29) is 6.04 Å². The molecule has 0 radical (unpaired) electrons. The summed E-state index contributed by atoms with van der Waals surface area (Å²) in [6.45, 7) is 1.09. The van der Waals surface area contributed by atoms with Crippen molar-refractivity contribution >= 4 is 10.0 Å². The number of fused-ring (bicyclic) bond motifs is 1. The zero-order valence-corrected chi connectivity index (χ0v) is 10.8. The first-order valence-electron chi connectivity index (χ1n) is 5.85. The lowest BCUT2D eigenvalue weighted by Crippen LogP contribution is -2.27. The van der Waals surface area contributed by atoms with Crippen molar-refractivity contribution in [3.05, 3.63) is 23.5 Å². The Balaban J connectivity index is 2.03. The molecule has 1 aromatic heterocycles. The first-order valence-corrected chi connectivity index (χ1v) is 7.74. The fourth-order valence-corrected chi connectivity index (χ4v) is 2.82. The monoisotopic (exact) mass is 257 g/mol. The molecule has 1 aliphatic rings. The van der Waals surface area contributed by atoms with E-state index in [0.717, 1.165) is 19.3 Å². The van der Waals surface area contributed by atoms with E-state index in [1.807, 2.05) is 6.20 Å². The van der Waals surface area contributed by atoms with Gasteiger partial charge in [0.15, 0.2) is 0 Å². The molecule has 2 rings (SSSR count). The molecule has 1 aliphatic carbocycles. The van der Waals surface area contributed by atoms with Crippen molar-refractivity contribution in [2.75, 3.05) is 12.8 Å². The first kappa shape index (κ1) is 12.6. The zero-order valence-electron chi connectivity index (χ0n) is 10.0. The Kier molecular flexibility index (Phi) is 3.56. The summed E-state index contributed by atoms with van der Waals surface area (Å²) in [7, 11) is -3.10. The summed E-state index contributed by atoms with van der Waals surface area (Å²) < 4.78 is 26.5. The van der Waals surface area contributed by atoms with Crippen LogP contribution in [0.25, 0.3) is 0 Å². The van der Waals surface area contributed by atoms with E-state index in [1.54, 1.807) is 0 Å². The maximum absolute atomic E-state index is 11.0. The van der Waals surface area contributed by atoms with Crippen LogP contribution in [-0.4, -0.2) is 25.8 Å². The predicted octanol–water partition coefficient (Wildman–Crippen LogP) is 0.373. The van der Waals surface area contributed by atoms with Crippen molar-refractivity contribution < 1.29 is 8.42 Å². The molecule has 0 saturated heterocycles. The van der Waals surface area contributed by atoms with Gasteiger partial charge < -0.3 is 10.3 Å². The van der Waals surface area contributed by atoms with Crippen LogP contribution in [0.5, 0.6) is 0 Å². The summed E-state index contributed by atoms with van der Waals surface area (Å²) >= 11 is 0. The molecule has 3 N–H and O–H groups in total. The Morgan fingerprint density at radius 1 is 1.59 bits per heavy atom. The Hall–Kier alpha value is -0.850. The molecule has 1 unspecified atom stereocenters. The lowest BCUT2D eigenvalue weighted by atomic mass is 9.94. The summed E-state index contributed by atoms with van der Waals surface area (Å²) in [5.74, 6) is 0. The van der Waals surface area contributed by atoms with E-state index >= 15 is 0 Å². The number of nitrogens with zero attached hydrogens (tertiary/aromatic N) is 1. The van der Waals surface area contributed by atoms with E-state index in [9.17, 15) is 8.42 Å². The highest BCUT2D eigenvalue weighted by molar-refractivity contribution is 7.88. The third-order valence-electron chi connectivity index (χ3n) is 3.16. The zero-order chi connectivity index (χ0) is 12.5. The molecule has 96 valence electrons. The van der Waals surface area contributed by atoms with Crippen LogP contribution >= 0.6 is 0 Å². The van der Waals surface area contributed by atoms with E-state index < -0.39 is 10.0 Å². The number of sulfonamides is 1. The summed E-state index contributed by atoms with van der Waals surface area (Å²) in [5, 5.41) is 0. The molecule has 0 aliphatic heterocycles. The molecule has 1 atom stereocenters. The van der Waals surface area contributed by atoms with Crippen molar-refractivity contribution in [2.45, 2.75) is 31.8 Å². The molecule has 0 amide bonds. The average Bonchev–Trinajstić information content (AvgIpc) is 2.61. The Morgan fingerprint density at radius 2 is 2.35 bits per heavy atom. The van der Waals surface area contributed by atoms with Gasteiger partial charge in [-0.15, -0.1) is 0 Å². The minimum Gasteiger partial charge on any atom is -0.350 e. The largest absolute Gasteiger partial charge is 0.350 e. The van der Waals surface area contributed by atoms with Gasteiger partial charge in [0, 0.05) is 31.0 Å². The number of aromatic nitrogens is 1. The maximum atomic E-state index is 11.0. The van der Waals surface area contributed by atoms with Crippen molar-refractivity contribution in [1.29, 1.82) is 0 Å². The van der Waals surface area contributed by atoms with Gasteiger partial charge in [0.2, 0.25) is 10.0 Å². The summed E-state index contributed by atoms with van der Waals surface area (Å²) in [4.78, 5) is 0. The van der Waals surface area contributed by atoms with Crippen LogP contribution in [0, 0.1) is 0 Å². The van der Waals surface area contributed by atoms with Crippen LogP contribution in [-0.2, 0) is 23.0 Å². The van der Waals surface area contributed by atoms with Crippen LogP contribution in [0.4, 0.5) is 0 Å². The molecule has 6 heteroatoms. The standard InChI is InChI=1S/C11H19N3O2S/c1-17(15,16)13-6-8-14-7-5-9-10(12)3-2-4-11(9)14/h5,7,10,13H,2-4,6,8,12H2,1H3. The number of hydrogen-bond acceptors (Lipinski definition) is 3. The van der Waals surface area contributed by atoms with E-state index in [1.165, 1.54) is 17.5 Å². The van der Waals surface area contributed by atoms with Gasteiger partial charge in [-0.25, -0.2) is 13.1 Å². The molecule has 0 spiro atoms. The highest BCUT2D eigenvalue weighted by Gasteiger charge is 2.19. The number of nitrogens with two attached hydrogens (primary N) is 1. The van der Waals surface area contributed by atoms with Gasteiger partial charge in [-0.2, -0.15) is 0 Å². The van der Waals surface area contributed by atoms with Crippen molar-refractivity contribution in [2.24, 2.45) is 5.73 Å². The molecule has 17 heavy (non-hydrogen) atoms. The van der Waals surface area contributed by atoms with Crippen LogP contribution in [0.15, 0.2) is 12.3 Å². The van der Waals surface area contributed by atoms with Crippen molar-refractivity contribution in [1.82, 2.24) is 9.29 Å². The number of nitrogens with one attached hydrogen (secondary N) is 1. The highest BCUT2D eigenvalue weighted by atomic mass is 32.2. The smallest absolute Gasteiger partial charge is 0.208 e. The topological polar surface area (TPSA) is 77.1 Å². The molecule has 0 fully saturated rings. The lowest BCUT2D eigenvalue weighted by molar-refractivity contribution is 0.534. The second-order valence-corrected chi connectivity index (χ2v) is 6.41. The molecule has 1 aromatic rings. The van der Waals surface area contributed by atoms with Gasteiger partial charge in [-0.3, -0.25) is 0 Å². The molecule has 0 aromatic carbocycles. The SMILES string of the molecule is CS(=O)(=O)NCCn1ccc2c1CCCC2N. The van der Waals surface area contributed by atoms with Gasteiger partial charge in [-0.1, -0.05) is 0 Å². The van der Waals surface area contributed by atoms with Gasteiger partial charge >= 0.3 is 0 Å². The van der Waals surface area contributed by atoms with Gasteiger partial charge in [0.25, 0.3) is 0 Å². The predicted molar refractivity (Wildman–Crippen MR) is 67.1 cm³/mol. The minimum atomic E-state index is -3.10.